The lowest BCUT2D eigenvalue weighted by Crippen LogP contribution is -2.34. The molecule has 0 aromatic heterocycles. The van der Waals surface area contributed by atoms with Gasteiger partial charge in [0.15, 0.2) is 15.6 Å². The molecular weight excluding hydrogens is 240 g/mol. The third kappa shape index (κ3) is 2.88. The Hall–Kier alpha value is -0.420. The van der Waals surface area contributed by atoms with Crippen LogP contribution in [0.2, 0.25) is 0 Å². The second-order valence-electron chi connectivity index (χ2n) is 5.16. The Bertz CT molecular complexity index is 381. The number of hydrogen-bond donors (Lipinski definition) is 0. The maximum Gasteiger partial charge on any atom is 0.162 e. The molecule has 17 heavy (non-hydrogen) atoms. The van der Waals surface area contributed by atoms with Crippen LogP contribution < -0.4 is 0 Å². The van der Waals surface area contributed by atoms with Gasteiger partial charge in [0.25, 0.3) is 0 Å². The summed E-state index contributed by atoms with van der Waals surface area (Å²) < 4.78 is 29.5. The highest BCUT2D eigenvalue weighted by Crippen LogP contribution is 2.28. The van der Waals surface area contributed by atoms with E-state index in [0.717, 1.165) is 25.7 Å². The van der Waals surface area contributed by atoms with E-state index in [1.807, 2.05) is 0 Å². The molecule has 1 aliphatic heterocycles. The smallest absolute Gasteiger partial charge is 0.162 e. The third-order valence-electron chi connectivity index (χ3n) is 3.92. The van der Waals surface area contributed by atoms with Gasteiger partial charge in [-0.05, 0) is 26.2 Å². The van der Waals surface area contributed by atoms with E-state index in [9.17, 15) is 13.2 Å². The Balaban J connectivity index is 1.99. The largest absolute Gasteiger partial charge is 0.377 e. The third-order valence-corrected chi connectivity index (χ3v) is 6.15. The summed E-state index contributed by atoms with van der Waals surface area (Å²) in [6, 6.07) is 0. The van der Waals surface area contributed by atoms with Gasteiger partial charge in [-0.1, -0.05) is 12.8 Å². The van der Waals surface area contributed by atoms with Gasteiger partial charge >= 0.3 is 0 Å². The highest BCUT2D eigenvalue weighted by molar-refractivity contribution is 7.92. The van der Waals surface area contributed by atoms with Gasteiger partial charge in [0.1, 0.15) is 5.75 Å². The second kappa shape index (κ2) is 5.06. The van der Waals surface area contributed by atoms with Crippen LogP contribution in [0.4, 0.5) is 0 Å². The highest BCUT2D eigenvalue weighted by atomic mass is 32.2. The molecule has 2 aliphatic rings. The fourth-order valence-corrected chi connectivity index (χ4v) is 4.82. The predicted molar refractivity (Wildman–Crippen MR) is 64.6 cm³/mol. The molecule has 98 valence electrons. The minimum Gasteiger partial charge on any atom is -0.377 e. The van der Waals surface area contributed by atoms with E-state index in [1.165, 1.54) is 0 Å². The summed E-state index contributed by atoms with van der Waals surface area (Å²) in [6.07, 6.45) is 4.10. The molecule has 2 unspecified atom stereocenters. The van der Waals surface area contributed by atoms with E-state index in [-0.39, 0.29) is 23.6 Å². The van der Waals surface area contributed by atoms with Crippen molar-refractivity contribution in [1.29, 1.82) is 0 Å². The summed E-state index contributed by atoms with van der Waals surface area (Å²) in [5.41, 5.74) is 0. The number of ketones is 1. The summed E-state index contributed by atoms with van der Waals surface area (Å²) in [5, 5.41) is -0.479. The molecule has 2 rings (SSSR count). The van der Waals surface area contributed by atoms with Crippen molar-refractivity contribution in [3.05, 3.63) is 0 Å². The maximum absolute atomic E-state index is 12.1. The molecule has 5 heteroatoms. The molecule has 2 fully saturated rings. The molecule has 0 amide bonds. The van der Waals surface area contributed by atoms with E-state index in [2.05, 4.69) is 0 Å². The van der Waals surface area contributed by atoms with Crippen molar-refractivity contribution < 1.29 is 17.9 Å². The molecule has 1 aliphatic carbocycles. The number of rotatable bonds is 4. The first-order chi connectivity index (χ1) is 8.00. The van der Waals surface area contributed by atoms with Gasteiger partial charge in [-0.15, -0.1) is 0 Å². The molecule has 0 bridgehead atoms. The number of hydrogen-bond acceptors (Lipinski definition) is 4. The van der Waals surface area contributed by atoms with E-state index in [4.69, 9.17) is 4.74 Å². The summed E-state index contributed by atoms with van der Waals surface area (Å²) in [7, 11) is -3.32. The van der Waals surface area contributed by atoms with Crippen molar-refractivity contribution in [2.75, 3.05) is 12.4 Å². The summed E-state index contributed by atoms with van der Waals surface area (Å²) in [4.78, 5) is 11.9. The van der Waals surface area contributed by atoms with Crippen LogP contribution in [0, 0.1) is 5.92 Å². The van der Waals surface area contributed by atoms with Crippen LogP contribution in [0.1, 0.15) is 39.0 Å². The predicted octanol–water partition coefficient (Wildman–Crippen LogP) is 1.34. The molecule has 4 nitrogen and oxygen atoms in total. The molecular formula is C12H20O4S. The molecule has 0 N–H and O–H groups in total. The van der Waals surface area contributed by atoms with Crippen LogP contribution in [0.15, 0.2) is 0 Å². The van der Waals surface area contributed by atoms with Crippen molar-refractivity contribution in [3.63, 3.8) is 0 Å². The molecule has 0 aromatic carbocycles. The first-order valence-electron chi connectivity index (χ1n) is 6.36. The lowest BCUT2D eigenvalue weighted by atomic mass is 10.0. The van der Waals surface area contributed by atoms with E-state index >= 15 is 0 Å². The van der Waals surface area contributed by atoms with E-state index < -0.39 is 15.1 Å². The van der Waals surface area contributed by atoms with Gasteiger partial charge in [0.05, 0.1) is 11.4 Å². The van der Waals surface area contributed by atoms with Gasteiger partial charge in [0.2, 0.25) is 0 Å². The van der Waals surface area contributed by atoms with E-state index in [1.54, 1.807) is 6.92 Å². The topological polar surface area (TPSA) is 60.4 Å². The Morgan fingerprint density at radius 3 is 2.41 bits per heavy atom. The minimum atomic E-state index is -3.32. The molecule has 2 atom stereocenters. The molecule has 0 spiro atoms. The van der Waals surface area contributed by atoms with Crippen LogP contribution in [-0.2, 0) is 19.4 Å². The lowest BCUT2D eigenvalue weighted by Gasteiger charge is -2.16. The zero-order chi connectivity index (χ0) is 12.5. The zero-order valence-electron chi connectivity index (χ0n) is 10.2. The Morgan fingerprint density at radius 1 is 1.24 bits per heavy atom. The molecule has 1 heterocycles. The number of sulfone groups is 1. The van der Waals surface area contributed by atoms with Crippen molar-refractivity contribution in [2.45, 2.75) is 50.4 Å². The summed E-state index contributed by atoms with van der Waals surface area (Å²) in [6.45, 7) is 2.26. The number of Topliss-reactive ketones (excluding diaryl/α,β-unsaturated/α-hetero) is 1. The lowest BCUT2D eigenvalue weighted by molar-refractivity contribution is -0.120. The average Bonchev–Trinajstić information content (AvgIpc) is 2.85. The van der Waals surface area contributed by atoms with Crippen LogP contribution in [0.5, 0.6) is 0 Å². The van der Waals surface area contributed by atoms with Crippen LogP contribution in [-0.4, -0.2) is 37.9 Å². The molecule has 1 saturated heterocycles. The number of carbonyl (C=O) groups excluding carboxylic acids is 1. The SMILES string of the molecule is CC1OCCC1S(=O)(=O)CC(=O)C1CCCC1. The van der Waals surface area contributed by atoms with Crippen molar-refractivity contribution in [1.82, 2.24) is 0 Å². The summed E-state index contributed by atoms with van der Waals surface area (Å²) in [5.74, 6) is -0.375. The van der Waals surface area contributed by atoms with Crippen LogP contribution in [0.25, 0.3) is 0 Å². The van der Waals surface area contributed by atoms with E-state index in [0.29, 0.717) is 13.0 Å². The van der Waals surface area contributed by atoms with Gasteiger partial charge in [-0.3, -0.25) is 4.79 Å². The molecule has 1 saturated carbocycles. The zero-order valence-corrected chi connectivity index (χ0v) is 11.0. The number of ether oxygens (including phenoxy) is 1. The first-order valence-corrected chi connectivity index (χ1v) is 8.08. The fourth-order valence-electron chi connectivity index (χ4n) is 2.85. The first kappa shape index (κ1) is 13.0. The number of carbonyl (C=O) groups is 1. The Morgan fingerprint density at radius 2 is 1.88 bits per heavy atom. The summed E-state index contributed by atoms with van der Waals surface area (Å²) >= 11 is 0. The monoisotopic (exact) mass is 260 g/mol. The highest BCUT2D eigenvalue weighted by Gasteiger charge is 2.38. The second-order valence-corrected chi connectivity index (χ2v) is 7.38. The molecule has 0 aromatic rings. The maximum atomic E-state index is 12.1. The van der Waals surface area contributed by atoms with Gasteiger partial charge in [0, 0.05) is 12.5 Å². The van der Waals surface area contributed by atoms with Crippen molar-refractivity contribution >= 4 is 15.6 Å². The van der Waals surface area contributed by atoms with Crippen molar-refractivity contribution in [2.24, 2.45) is 5.92 Å². The minimum absolute atomic E-state index is 0.0117. The quantitative estimate of drug-likeness (QED) is 0.765. The average molecular weight is 260 g/mol. The Labute approximate surface area is 103 Å². The molecule has 0 radical (unpaired) electrons. The van der Waals surface area contributed by atoms with Gasteiger partial charge in [-0.2, -0.15) is 0 Å². The normalized spacial score (nSPS) is 30.9. The van der Waals surface area contributed by atoms with Crippen LogP contribution in [0.3, 0.4) is 0 Å². The van der Waals surface area contributed by atoms with Crippen molar-refractivity contribution in [3.8, 4) is 0 Å². The van der Waals surface area contributed by atoms with Crippen LogP contribution >= 0.6 is 0 Å². The standard InChI is InChI=1S/C12H20O4S/c1-9-12(6-7-16-9)17(14,15)8-11(13)10-4-2-3-5-10/h9-10,12H,2-8H2,1H3. The van der Waals surface area contributed by atoms with Gasteiger partial charge < -0.3 is 4.74 Å². The van der Waals surface area contributed by atoms with Gasteiger partial charge in [-0.25, -0.2) is 8.42 Å². The fraction of sp³-hybridized carbons (Fsp3) is 0.917. The Kier molecular flexibility index (Phi) is 3.88.